The second-order valence-corrected chi connectivity index (χ2v) is 9.10. The third-order valence-electron chi connectivity index (χ3n) is 6.99. The molecule has 0 aromatic carbocycles. The molecule has 0 radical (unpaired) electrons. The van der Waals surface area contributed by atoms with Crippen molar-refractivity contribution in [3.63, 3.8) is 0 Å². The van der Waals surface area contributed by atoms with Gasteiger partial charge in [-0.1, -0.05) is 12.2 Å². The molecule has 2 N–H and O–H groups in total. The maximum Gasteiger partial charge on any atom is 0.233 e. The Kier molecular flexibility index (Phi) is 8.17. The summed E-state index contributed by atoms with van der Waals surface area (Å²) in [6.07, 6.45) is 8.51. The number of carbonyl (C=O) groups is 2. The van der Waals surface area contributed by atoms with Gasteiger partial charge in [-0.25, -0.2) is 0 Å². The molecule has 5 atom stereocenters. The van der Waals surface area contributed by atoms with Crippen LogP contribution in [0.4, 0.5) is 0 Å². The normalized spacial score (nSPS) is 33.1. The number of imide groups is 1. The van der Waals surface area contributed by atoms with Gasteiger partial charge in [0.15, 0.2) is 5.96 Å². The summed E-state index contributed by atoms with van der Waals surface area (Å²) in [4.78, 5) is 34.1. The fourth-order valence-electron chi connectivity index (χ4n) is 5.61. The van der Waals surface area contributed by atoms with Gasteiger partial charge in [-0.05, 0) is 64.0 Å². The number of guanidine groups is 1. The fourth-order valence-corrected chi connectivity index (χ4v) is 5.61. The van der Waals surface area contributed by atoms with E-state index in [0.29, 0.717) is 19.0 Å². The number of hydrogen-bond donors (Lipinski definition) is 2. The molecule has 2 amide bonds. The highest BCUT2D eigenvalue weighted by Gasteiger charge is 2.58. The lowest BCUT2D eigenvalue weighted by atomic mass is 9.85. The summed E-state index contributed by atoms with van der Waals surface area (Å²) < 4.78 is 0. The summed E-state index contributed by atoms with van der Waals surface area (Å²) in [5.41, 5.74) is 0. The first-order valence-corrected chi connectivity index (χ1v) is 11.3. The Labute approximate surface area is 197 Å². The molecule has 2 heterocycles. The number of amides is 2. The van der Waals surface area contributed by atoms with Crippen molar-refractivity contribution in [2.75, 3.05) is 46.3 Å². The predicted octanol–water partition coefficient (Wildman–Crippen LogP) is 1.70. The molecule has 8 heteroatoms. The van der Waals surface area contributed by atoms with Gasteiger partial charge in [0.1, 0.15) is 0 Å². The van der Waals surface area contributed by atoms with Crippen LogP contribution >= 0.6 is 24.0 Å². The molecule has 2 aliphatic carbocycles. The van der Waals surface area contributed by atoms with Gasteiger partial charge in [-0.3, -0.25) is 19.5 Å². The van der Waals surface area contributed by atoms with Crippen molar-refractivity contribution in [3.05, 3.63) is 12.2 Å². The SMILES string of the molecule is CCNC(=NCC1CCCN(C)C1)NCCCN1C(=O)C2C3C=CC(C3)C2C1=O.I. The molecule has 1 saturated carbocycles. The quantitative estimate of drug-likeness (QED) is 0.131. The molecule has 4 aliphatic rings. The summed E-state index contributed by atoms with van der Waals surface area (Å²) in [7, 11) is 2.18. The molecular formula is C22H36IN5O2. The average Bonchev–Trinajstić information content (AvgIpc) is 3.38. The lowest BCUT2D eigenvalue weighted by Crippen LogP contribution is -2.40. The fraction of sp³-hybridized carbons (Fsp3) is 0.773. The number of allylic oxidation sites excluding steroid dienone is 2. The minimum Gasteiger partial charge on any atom is -0.357 e. The number of nitrogens with one attached hydrogen (secondary N) is 2. The number of carbonyl (C=O) groups excluding carboxylic acids is 2. The van der Waals surface area contributed by atoms with Crippen LogP contribution in [0.5, 0.6) is 0 Å². The third kappa shape index (κ3) is 4.84. The van der Waals surface area contributed by atoms with Crippen LogP contribution in [0.1, 0.15) is 32.6 Å². The summed E-state index contributed by atoms with van der Waals surface area (Å²) in [5.74, 6) is 1.96. The highest BCUT2D eigenvalue weighted by molar-refractivity contribution is 14.0. The lowest BCUT2D eigenvalue weighted by molar-refractivity contribution is -0.140. The van der Waals surface area contributed by atoms with Crippen LogP contribution in [0.25, 0.3) is 0 Å². The van der Waals surface area contributed by atoms with Gasteiger partial charge >= 0.3 is 0 Å². The molecule has 0 spiro atoms. The van der Waals surface area contributed by atoms with Gasteiger partial charge in [-0.15, -0.1) is 24.0 Å². The standard InChI is InChI=1S/C22H35N5O2.HI/c1-3-23-22(25-13-15-6-4-10-26(2)14-15)24-9-5-11-27-20(28)18-16-7-8-17(12-16)19(18)21(27)29;/h7-8,15-19H,3-6,9-14H2,1-2H3,(H2,23,24,25);1H. The maximum atomic E-state index is 12.7. The molecule has 7 nitrogen and oxygen atoms in total. The lowest BCUT2D eigenvalue weighted by Gasteiger charge is -2.28. The minimum atomic E-state index is -0.0852. The van der Waals surface area contributed by atoms with Gasteiger partial charge in [0, 0.05) is 32.7 Å². The van der Waals surface area contributed by atoms with Crippen molar-refractivity contribution in [1.29, 1.82) is 0 Å². The number of nitrogens with zero attached hydrogens (tertiary/aromatic N) is 3. The molecule has 30 heavy (non-hydrogen) atoms. The Morgan fingerprint density at radius 2 is 1.87 bits per heavy atom. The second kappa shape index (κ2) is 10.4. The van der Waals surface area contributed by atoms with E-state index in [1.54, 1.807) is 0 Å². The van der Waals surface area contributed by atoms with E-state index in [2.05, 4.69) is 41.7 Å². The zero-order valence-electron chi connectivity index (χ0n) is 18.2. The van der Waals surface area contributed by atoms with Gasteiger partial charge in [-0.2, -0.15) is 0 Å². The summed E-state index contributed by atoms with van der Waals surface area (Å²) in [6.45, 7) is 7.22. The molecule has 0 aromatic rings. The molecule has 2 saturated heterocycles. The van der Waals surface area contributed by atoms with Crippen LogP contribution in [0.15, 0.2) is 17.1 Å². The molecule has 0 aromatic heterocycles. The summed E-state index contributed by atoms with van der Waals surface area (Å²) >= 11 is 0. The Balaban J connectivity index is 0.00000256. The van der Waals surface area contributed by atoms with Crippen LogP contribution in [-0.2, 0) is 9.59 Å². The summed E-state index contributed by atoms with van der Waals surface area (Å²) in [6, 6.07) is 0. The highest BCUT2D eigenvalue weighted by Crippen LogP contribution is 2.52. The monoisotopic (exact) mass is 529 g/mol. The largest absolute Gasteiger partial charge is 0.357 e. The summed E-state index contributed by atoms with van der Waals surface area (Å²) in [5, 5.41) is 6.67. The smallest absolute Gasteiger partial charge is 0.233 e. The Morgan fingerprint density at radius 3 is 2.50 bits per heavy atom. The van der Waals surface area contributed by atoms with Gasteiger partial charge < -0.3 is 15.5 Å². The van der Waals surface area contributed by atoms with Crippen LogP contribution in [0.2, 0.25) is 0 Å². The molecule has 3 fully saturated rings. The van der Waals surface area contributed by atoms with Crippen LogP contribution in [0.3, 0.4) is 0 Å². The van der Waals surface area contributed by atoms with Crippen molar-refractivity contribution in [3.8, 4) is 0 Å². The van der Waals surface area contributed by atoms with Crippen molar-refractivity contribution >= 4 is 41.8 Å². The molecule has 2 bridgehead atoms. The minimum absolute atomic E-state index is 0. The average molecular weight is 529 g/mol. The van der Waals surface area contributed by atoms with Gasteiger partial charge in [0.25, 0.3) is 0 Å². The van der Waals surface area contributed by atoms with E-state index in [-0.39, 0.29) is 59.5 Å². The van der Waals surface area contributed by atoms with Crippen molar-refractivity contribution in [2.24, 2.45) is 34.6 Å². The van der Waals surface area contributed by atoms with Crippen molar-refractivity contribution in [1.82, 2.24) is 20.4 Å². The maximum absolute atomic E-state index is 12.7. The third-order valence-corrected chi connectivity index (χ3v) is 6.99. The number of fused-ring (bicyclic) bond motifs is 5. The number of rotatable bonds is 7. The molecule has 4 rings (SSSR count). The zero-order valence-corrected chi connectivity index (χ0v) is 20.5. The Bertz CT molecular complexity index is 667. The topological polar surface area (TPSA) is 77.0 Å². The van der Waals surface area contributed by atoms with E-state index >= 15 is 0 Å². The van der Waals surface area contributed by atoms with Crippen molar-refractivity contribution < 1.29 is 9.59 Å². The van der Waals surface area contributed by atoms with Crippen LogP contribution in [-0.4, -0.2) is 73.9 Å². The van der Waals surface area contributed by atoms with E-state index in [1.165, 1.54) is 24.3 Å². The molecule has 2 aliphatic heterocycles. The number of aliphatic imine (C=N–C) groups is 1. The number of likely N-dealkylation sites (tertiary alicyclic amines) is 2. The van der Waals surface area contributed by atoms with Gasteiger partial charge in [0.2, 0.25) is 11.8 Å². The van der Waals surface area contributed by atoms with E-state index in [4.69, 9.17) is 4.99 Å². The highest BCUT2D eigenvalue weighted by atomic mass is 127. The van der Waals surface area contributed by atoms with E-state index in [9.17, 15) is 9.59 Å². The number of piperidine rings is 1. The first-order chi connectivity index (χ1) is 14.1. The predicted molar refractivity (Wildman–Crippen MR) is 129 cm³/mol. The van der Waals surface area contributed by atoms with E-state index < -0.39 is 0 Å². The Morgan fingerprint density at radius 1 is 1.17 bits per heavy atom. The van der Waals surface area contributed by atoms with Crippen LogP contribution < -0.4 is 10.6 Å². The number of halogens is 1. The second-order valence-electron chi connectivity index (χ2n) is 9.10. The first kappa shape index (κ1) is 23.5. The molecule has 168 valence electrons. The zero-order chi connectivity index (χ0) is 20.4. The van der Waals surface area contributed by atoms with E-state index in [0.717, 1.165) is 38.4 Å². The van der Waals surface area contributed by atoms with Gasteiger partial charge in [0.05, 0.1) is 11.8 Å². The Hall–Kier alpha value is -1.16. The van der Waals surface area contributed by atoms with E-state index in [1.807, 2.05) is 0 Å². The molecular weight excluding hydrogens is 493 g/mol. The van der Waals surface area contributed by atoms with Crippen molar-refractivity contribution in [2.45, 2.75) is 32.6 Å². The first-order valence-electron chi connectivity index (χ1n) is 11.3. The van der Waals surface area contributed by atoms with Crippen LogP contribution in [0, 0.1) is 29.6 Å². The number of hydrogen-bond acceptors (Lipinski definition) is 4. The molecule has 5 unspecified atom stereocenters.